The van der Waals surface area contributed by atoms with E-state index in [-0.39, 0.29) is 4.90 Å². The zero-order valence-electron chi connectivity index (χ0n) is 10.4. The Morgan fingerprint density at radius 1 is 1.21 bits per heavy atom. The number of benzene rings is 1. The molecule has 0 atom stereocenters. The molecule has 6 heteroatoms. The van der Waals surface area contributed by atoms with E-state index < -0.39 is 10.0 Å². The van der Waals surface area contributed by atoms with Crippen molar-refractivity contribution >= 4 is 15.8 Å². The van der Waals surface area contributed by atoms with Crippen molar-refractivity contribution in [2.24, 2.45) is 5.92 Å². The molecule has 0 amide bonds. The Hall–Kier alpha value is -1.82. The molecule has 0 saturated heterocycles. The lowest BCUT2D eigenvalue weighted by Crippen LogP contribution is -2.16. The van der Waals surface area contributed by atoms with Crippen molar-refractivity contribution in [1.82, 2.24) is 9.78 Å². The summed E-state index contributed by atoms with van der Waals surface area (Å²) in [6.45, 7) is 0.777. The van der Waals surface area contributed by atoms with Crippen LogP contribution in [0.25, 0.3) is 0 Å². The summed E-state index contributed by atoms with van der Waals surface area (Å²) in [5, 5.41) is 4.16. The van der Waals surface area contributed by atoms with E-state index in [9.17, 15) is 8.42 Å². The van der Waals surface area contributed by atoms with Crippen LogP contribution < -0.4 is 4.72 Å². The van der Waals surface area contributed by atoms with Crippen LogP contribution in [0.2, 0.25) is 0 Å². The summed E-state index contributed by atoms with van der Waals surface area (Å²) in [5.41, 5.74) is 0. The first kappa shape index (κ1) is 12.2. The van der Waals surface area contributed by atoms with Gasteiger partial charge in [0.2, 0.25) is 0 Å². The normalized spacial score (nSPS) is 15.4. The predicted octanol–water partition coefficient (Wildman–Crippen LogP) is 2.09. The molecule has 0 unspecified atom stereocenters. The lowest BCUT2D eigenvalue weighted by atomic mass is 10.4. The number of rotatable bonds is 5. The molecule has 1 aromatic heterocycles. The van der Waals surface area contributed by atoms with Crippen LogP contribution in [-0.2, 0) is 16.6 Å². The van der Waals surface area contributed by atoms with Gasteiger partial charge in [-0.15, -0.1) is 0 Å². The Labute approximate surface area is 112 Å². The zero-order valence-corrected chi connectivity index (χ0v) is 11.2. The highest BCUT2D eigenvalue weighted by Crippen LogP contribution is 2.31. The maximum Gasteiger partial charge on any atom is 0.263 e. The van der Waals surface area contributed by atoms with Gasteiger partial charge < -0.3 is 0 Å². The average Bonchev–Trinajstić information content (AvgIpc) is 3.12. The summed E-state index contributed by atoms with van der Waals surface area (Å²) in [5.74, 6) is 1.16. The number of nitrogens with zero attached hydrogens (tertiary/aromatic N) is 2. The van der Waals surface area contributed by atoms with Crippen molar-refractivity contribution in [3.05, 3.63) is 42.6 Å². The van der Waals surface area contributed by atoms with E-state index in [0.29, 0.717) is 11.7 Å². The number of hydrogen-bond acceptors (Lipinski definition) is 3. The molecular weight excluding hydrogens is 262 g/mol. The summed E-state index contributed by atoms with van der Waals surface area (Å²) >= 11 is 0. The van der Waals surface area contributed by atoms with E-state index in [1.54, 1.807) is 47.3 Å². The van der Waals surface area contributed by atoms with Crippen molar-refractivity contribution in [3.8, 4) is 0 Å². The number of anilines is 1. The summed E-state index contributed by atoms with van der Waals surface area (Å²) in [4.78, 5) is 0.258. The van der Waals surface area contributed by atoms with Crippen molar-refractivity contribution in [1.29, 1.82) is 0 Å². The van der Waals surface area contributed by atoms with Gasteiger partial charge >= 0.3 is 0 Å². The molecule has 100 valence electrons. The van der Waals surface area contributed by atoms with Gasteiger partial charge in [0.05, 0.1) is 11.1 Å². The molecule has 1 aliphatic carbocycles. The maximum atomic E-state index is 12.2. The Bertz CT molecular complexity index is 660. The van der Waals surface area contributed by atoms with Gasteiger partial charge in [-0.05, 0) is 30.9 Å². The topological polar surface area (TPSA) is 64.0 Å². The Morgan fingerprint density at radius 3 is 2.63 bits per heavy atom. The zero-order chi connectivity index (χ0) is 13.3. The van der Waals surface area contributed by atoms with Gasteiger partial charge in [-0.25, -0.2) is 13.1 Å². The molecule has 5 nitrogen and oxygen atoms in total. The Kier molecular flexibility index (Phi) is 3.02. The molecule has 1 N–H and O–H groups in total. The Balaban J connectivity index is 1.82. The molecule has 0 radical (unpaired) electrons. The first-order valence-electron chi connectivity index (χ1n) is 6.25. The molecule has 2 aromatic rings. The first-order chi connectivity index (χ1) is 9.15. The van der Waals surface area contributed by atoms with Crippen LogP contribution in [0, 0.1) is 5.92 Å². The summed E-state index contributed by atoms with van der Waals surface area (Å²) < 4.78 is 28.7. The van der Waals surface area contributed by atoms with E-state index in [1.165, 1.54) is 12.8 Å². The molecule has 0 spiro atoms. The Morgan fingerprint density at radius 2 is 1.95 bits per heavy atom. The minimum atomic E-state index is -3.53. The second-order valence-electron chi connectivity index (χ2n) is 4.76. The van der Waals surface area contributed by atoms with Crippen LogP contribution in [0.5, 0.6) is 0 Å². The van der Waals surface area contributed by atoms with Gasteiger partial charge in [-0.1, -0.05) is 18.2 Å². The highest BCUT2D eigenvalue weighted by atomic mass is 32.2. The minimum Gasteiger partial charge on any atom is -0.264 e. The largest absolute Gasteiger partial charge is 0.264 e. The maximum absolute atomic E-state index is 12.2. The van der Waals surface area contributed by atoms with Gasteiger partial charge in [0, 0.05) is 12.6 Å². The first-order valence-corrected chi connectivity index (χ1v) is 7.73. The fraction of sp³-hybridized carbons (Fsp3) is 0.308. The van der Waals surface area contributed by atoms with Crippen LogP contribution in [0.3, 0.4) is 0 Å². The standard InChI is InChI=1S/C13H15N3O2S/c17-19(18,12-4-2-1-3-5-12)15-13-8-9-14-16(13)10-11-6-7-11/h1-5,8-9,11,15H,6-7,10H2. The monoisotopic (exact) mass is 277 g/mol. The molecule has 3 rings (SSSR count). The van der Waals surface area contributed by atoms with Crippen LogP contribution >= 0.6 is 0 Å². The highest BCUT2D eigenvalue weighted by molar-refractivity contribution is 7.92. The second-order valence-corrected chi connectivity index (χ2v) is 6.44. The summed E-state index contributed by atoms with van der Waals surface area (Å²) in [6.07, 6.45) is 4.01. The lowest BCUT2D eigenvalue weighted by molar-refractivity contribution is 0.567. The number of nitrogens with one attached hydrogen (secondary N) is 1. The number of sulfonamides is 1. The van der Waals surface area contributed by atoms with Crippen LogP contribution in [0.4, 0.5) is 5.82 Å². The molecule has 1 heterocycles. The van der Waals surface area contributed by atoms with Gasteiger partial charge in [0.15, 0.2) is 0 Å². The van der Waals surface area contributed by atoms with Crippen molar-refractivity contribution in [2.75, 3.05) is 4.72 Å². The van der Waals surface area contributed by atoms with Gasteiger partial charge in [0.25, 0.3) is 10.0 Å². The SMILES string of the molecule is O=S(=O)(Nc1ccnn1CC1CC1)c1ccccc1. The van der Waals surface area contributed by atoms with E-state index in [2.05, 4.69) is 9.82 Å². The number of hydrogen-bond donors (Lipinski definition) is 1. The highest BCUT2D eigenvalue weighted by Gasteiger charge is 2.24. The molecule has 1 aliphatic rings. The van der Waals surface area contributed by atoms with E-state index in [4.69, 9.17) is 0 Å². The third-order valence-electron chi connectivity index (χ3n) is 3.14. The van der Waals surface area contributed by atoms with Crippen molar-refractivity contribution in [3.63, 3.8) is 0 Å². The quantitative estimate of drug-likeness (QED) is 0.910. The lowest BCUT2D eigenvalue weighted by Gasteiger charge is -2.10. The van der Waals surface area contributed by atoms with Gasteiger partial charge in [-0.3, -0.25) is 4.72 Å². The predicted molar refractivity (Wildman–Crippen MR) is 72.2 cm³/mol. The smallest absolute Gasteiger partial charge is 0.263 e. The molecule has 0 bridgehead atoms. The van der Waals surface area contributed by atoms with Crippen molar-refractivity contribution < 1.29 is 8.42 Å². The van der Waals surface area contributed by atoms with Gasteiger partial charge in [-0.2, -0.15) is 5.10 Å². The van der Waals surface area contributed by atoms with E-state index in [1.807, 2.05) is 0 Å². The summed E-state index contributed by atoms with van der Waals surface area (Å²) in [7, 11) is -3.53. The fourth-order valence-electron chi connectivity index (χ4n) is 1.91. The van der Waals surface area contributed by atoms with Crippen LogP contribution in [-0.4, -0.2) is 18.2 Å². The third kappa shape index (κ3) is 2.78. The second kappa shape index (κ2) is 4.70. The number of aromatic nitrogens is 2. The molecule has 1 aromatic carbocycles. The van der Waals surface area contributed by atoms with E-state index >= 15 is 0 Å². The van der Waals surface area contributed by atoms with Gasteiger partial charge in [0.1, 0.15) is 5.82 Å². The third-order valence-corrected chi connectivity index (χ3v) is 4.51. The molecule has 1 saturated carbocycles. The van der Waals surface area contributed by atoms with Crippen LogP contribution in [0.1, 0.15) is 12.8 Å². The molecule has 1 fully saturated rings. The average molecular weight is 277 g/mol. The summed E-state index contributed by atoms with van der Waals surface area (Å²) in [6, 6.07) is 10.0. The van der Waals surface area contributed by atoms with Crippen LogP contribution in [0.15, 0.2) is 47.5 Å². The minimum absolute atomic E-state index is 0.258. The fourth-order valence-corrected chi connectivity index (χ4v) is 2.99. The molecular formula is C13H15N3O2S. The molecule has 0 aliphatic heterocycles. The van der Waals surface area contributed by atoms with E-state index in [0.717, 1.165) is 6.54 Å². The molecule has 19 heavy (non-hydrogen) atoms. The van der Waals surface area contributed by atoms with Crippen molar-refractivity contribution in [2.45, 2.75) is 24.3 Å².